The topological polar surface area (TPSA) is 166 Å². The number of hydrogen-bond acceptors (Lipinski definition) is 10. The molecule has 4 aromatic rings. The zero-order valence-corrected chi connectivity index (χ0v) is 23.6. The molecule has 10 nitrogen and oxygen atoms in total. The van der Waals surface area contributed by atoms with Gasteiger partial charge < -0.3 is 30.6 Å². The number of carbonyl (C=O) groups is 1. The Morgan fingerprint density at radius 1 is 0.614 bits per heavy atom. The third-order valence-electron chi connectivity index (χ3n) is 6.91. The van der Waals surface area contributed by atoms with Crippen LogP contribution in [0, 0.1) is 0 Å². The first-order valence-corrected chi connectivity index (χ1v) is 13.5. The first kappa shape index (κ1) is 29.6. The second-order valence-electron chi connectivity index (χ2n) is 10.3. The molecule has 4 aromatic carbocycles. The van der Waals surface area contributed by atoms with Crippen LogP contribution in [0.1, 0.15) is 22.3 Å². The molecule has 0 radical (unpaired) electrons. The van der Waals surface area contributed by atoms with Crippen molar-refractivity contribution in [3.8, 4) is 34.5 Å². The Morgan fingerprint density at radius 3 is 1.48 bits per heavy atom. The van der Waals surface area contributed by atoms with E-state index in [1.54, 1.807) is 36.4 Å². The van der Waals surface area contributed by atoms with E-state index in [-0.39, 0.29) is 16.9 Å². The van der Waals surface area contributed by atoms with E-state index in [4.69, 9.17) is 0 Å². The van der Waals surface area contributed by atoms with Crippen molar-refractivity contribution in [2.45, 2.75) is 0 Å². The van der Waals surface area contributed by atoms with Crippen LogP contribution in [0.2, 0.25) is 0 Å². The predicted octanol–water partition coefficient (Wildman–Crippen LogP) is 5.40. The maximum absolute atomic E-state index is 13.5. The number of nitrogens with zero attached hydrogens (tertiary/aromatic N) is 3. The summed E-state index contributed by atoms with van der Waals surface area (Å²) >= 11 is 0. The Hall–Kier alpha value is -5.87. The Balaban J connectivity index is 1.36. The molecular weight excluding hydrogens is 562 g/mol. The zero-order chi connectivity index (χ0) is 31.4. The van der Waals surface area contributed by atoms with Crippen LogP contribution in [0.4, 0.5) is 11.4 Å². The molecule has 0 spiro atoms. The molecule has 1 aliphatic rings. The number of ketones is 1. The summed E-state index contributed by atoms with van der Waals surface area (Å²) < 4.78 is 0. The van der Waals surface area contributed by atoms with Crippen molar-refractivity contribution in [1.29, 1.82) is 0 Å². The molecule has 0 bridgehead atoms. The number of piperidine rings is 1. The standard InChI is InChI=1S/C34H29N3O7/c1-37-18-24(12-20-4-2-6-26(14-20)35-16-22-8-10-28(38)33(43)31(22)41)30(40)25(19-37)13-21-5-3-7-27(15-21)36-17-23-9-11-29(39)34(44)32(23)42/h2-17,38-39,41-44H,18-19H2,1H3. The van der Waals surface area contributed by atoms with Crippen molar-refractivity contribution >= 4 is 41.7 Å². The van der Waals surface area contributed by atoms with E-state index >= 15 is 0 Å². The molecule has 1 heterocycles. The number of benzene rings is 4. The predicted molar refractivity (Wildman–Crippen MR) is 169 cm³/mol. The summed E-state index contributed by atoms with van der Waals surface area (Å²) in [5.74, 6) is -3.14. The van der Waals surface area contributed by atoms with Crippen molar-refractivity contribution in [2.24, 2.45) is 9.98 Å². The van der Waals surface area contributed by atoms with Gasteiger partial charge in [-0.25, -0.2) is 0 Å². The number of aliphatic imine (C=N–C) groups is 2. The van der Waals surface area contributed by atoms with Crippen LogP contribution < -0.4 is 0 Å². The average Bonchev–Trinajstić information content (AvgIpc) is 3.01. The zero-order valence-electron chi connectivity index (χ0n) is 23.6. The second-order valence-corrected chi connectivity index (χ2v) is 10.3. The number of likely N-dealkylation sites (tertiary alicyclic amines) is 1. The molecule has 1 fully saturated rings. The minimum atomic E-state index is -0.619. The van der Waals surface area contributed by atoms with E-state index in [0.717, 1.165) is 11.1 Å². The highest BCUT2D eigenvalue weighted by Crippen LogP contribution is 2.37. The number of phenols is 6. The van der Waals surface area contributed by atoms with Gasteiger partial charge in [-0.2, -0.15) is 0 Å². The molecule has 222 valence electrons. The Kier molecular flexibility index (Phi) is 8.45. The molecule has 0 aliphatic carbocycles. The molecule has 0 aromatic heterocycles. The second kappa shape index (κ2) is 12.6. The smallest absolute Gasteiger partial charge is 0.200 e. The van der Waals surface area contributed by atoms with Crippen molar-refractivity contribution in [1.82, 2.24) is 4.90 Å². The number of rotatable bonds is 6. The maximum Gasteiger partial charge on any atom is 0.200 e. The largest absolute Gasteiger partial charge is 0.504 e. The molecular formula is C34H29N3O7. The molecule has 0 atom stereocenters. The number of Topliss-reactive ketones (excluding diaryl/α,β-unsaturated/α-hetero) is 1. The van der Waals surface area contributed by atoms with Crippen LogP contribution in [0.3, 0.4) is 0 Å². The first-order chi connectivity index (χ1) is 21.1. The fraction of sp³-hybridized carbons (Fsp3) is 0.0882. The Bertz CT molecular complexity index is 1740. The van der Waals surface area contributed by atoms with Gasteiger partial charge in [-0.15, -0.1) is 0 Å². The summed E-state index contributed by atoms with van der Waals surface area (Å²) in [6.45, 7) is 0.912. The summed E-state index contributed by atoms with van der Waals surface area (Å²) in [5.41, 5.74) is 4.31. The number of hydrogen-bond donors (Lipinski definition) is 6. The van der Waals surface area contributed by atoms with E-state index in [9.17, 15) is 35.4 Å². The Labute approximate surface area is 252 Å². The number of phenolic OH excluding ortho intramolecular Hbond substituents is 6. The van der Waals surface area contributed by atoms with Crippen LogP contribution in [-0.2, 0) is 4.79 Å². The van der Waals surface area contributed by atoms with Crippen LogP contribution >= 0.6 is 0 Å². The molecule has 6 N–H and O–H groups in total. The lowest BCUT2D eigenvalue weighted by atomic mass is 9.94. The molecule has 1 saturated heterocycles. The number of carbonyl (C=O) groups excluding carboxylic acids is 1. The molecule has 0 amide bonds. The highest BCUT2D eigenvalue weighted by Gasteiger charge is 2.24. The average molecular weight is 592 g/mol. The lowest BCUT2D eigenvalue weighted by molar-refractivity contribution is -0.113. The van der Waals surface area contributed by atoms with Crippen molar-refractivity contribution in [2.75, 3.05) is 20.1 Å². The van der Waals surface area contributed by atoms with E-state index in [1.165, 1.54) is 36.7 Å². The minimum Gasteiger partial charge on any atom is -0.504 e. The molecule has 44 heavy (non-hydrogen) atoms. The van der Waals surface area contributed by atoms with Gasteiger partial charge in [-0.05, 0) is 78.9 Å². The highest BCUT2D eigenvalue weighted by molar-refractivity contribution is 6.14. The van der Waals surface area contributed by atoms with Gasteiger partial charge in [0.15, 0.2) is 28.8 Å². The van der Waals surface area contributed by atoms with Gasteiger partial charge >= 0.3 is 0 Å². The highest BCUT2D eigenvalue weighted by atomic mass is 16.3. The van der Waals surface area contributed by atoms with Gasteiger partial charge in [0.1, 0.15) is 0 Å². The minimum absolute atomic E-state index is 0.0834. The first-order valence-electron chi connectivity index (χ1n) is 13.5. The van der Waals surface area contributed by atoms with Crippen LogP contribution in [0.15, 0.2) is 93.9 Å². The molecule has 0 unspecified atom stereocenters. The molecule has 5 rings (SSSR count). The van der Waals surface area contributed by atoms with Crippen LogP contribution in [-0.4, -0.2) is 73.9 Å². The molecule has 10 heteroatoms. The van der Waals surface area contributed by atoms with Gasteiger partial charge in [-0.1, -0.05) is 24.3 Å². The van der Waals surface area contributed by atoms with E-state index in [0.29, 0.717) is 35.6 Å². The monoisotopic (exact) mass is 591 g/mol. The fourth-order valence-corrected chi connectivity index (χ4v) is 4.67. The summed E-state index contributed by atoms with van der Waals surface area (Å²) in [7, 11) is 1.93. The summed E-state index contributed by atoms with van der Waals surface area (Å²) in [4.78, 5) is 24.2. The van der Waals surface area contributed by atoms with Crippen LogP contribution in [0.5, 0.6) is 34.5 Å². The number of aromatic hydroxyl groups is 6. The van der Waals surface area contributed by atoms with Gasteiger partial charge in [0, 0.05) is 47.8 Å². The molecule has 1 aliphatic heterocycles. The maximum atomic E-state index is 13.5. The summed E-state index contributed by atoms with van der Waals surface area (Å²) in [5, 5.41) is 58.6. The van der Waals surface area contributed by atoms with E-state index in [2.05, 4.69) is 9.98 Å². The SMILES string of the molecule is CN1CC(=Cc2cccc(N=Cc3ccc(O)c(O)c3O)c2)C(=O)C(=Cc2cccc(N=Cc3ccc(O)c(O)c3O)c2)C1. The summed E-state index contributed by atoms with van der Waals surface area (Å²) in [6, 6.07) is 19.8. The van der Waals surface area contributed by atoms with Crippen molar-refractivity contribution < 1.29 is 35.4 Å². The van der Waals surface area contributed by atoms with Crippen molar-refractivity contribution in [3.63, 3.8) is 0 Å². The normalized spacial score (nSPS) is 16.1. The van der Waals surface area contributed by atoms with E-state index in [1.807, 2.05) is 36.2 Å². The van der Waals surface area contributed by atoms with Gasteiger partial charge in [-0.3, -0.25) is 19.7 Å². The lowest BCUT2D eigenvalue weighted by Crippen LogP contribution is -2.34. The third-order valence-corrected chi connectivity index (χ3v) is 6.91. The van der Waals surface area contributed by atoms with E-state index < -0.39 is 34.5 Å². The number of likely N-dealkylation sites (N-methyl/N-ethyl adjacent to an activating group) is 1. The third kappa shape index (κ3) is 6.61. The van der Waals surface area contributed by atoms with Crippen molar-refractivity contribution in [3.05, 3.63) is 106 Å². The summed E-state index contributed by atoms with van der Waals surface area (Å²) in [6.07, 6.45) is 6.37. The quantitative estimate of drug-likeness (QED) is 0.0984. The van der Waals surface area contributed by atoms with Gasteiger partial charge in [0.25, 0.3) is 0 Å². The van der Waals surface area contributed by atoms with Gasteiger partial charge in [0.05, 0.1) is 11.4 Å². The fourth-order valence-electron chi connectivity index (χ4n) is 4.67. The Morgan fingerprint density at radius 2 is 1.05 bits per heavy atom. The van der Waals surface area contributed by atoms with Gasteiger partial charge in [0.2, 0.25) is 11.5 Å². The lowest BCUT2D eigenvalue weighted by Gasteiger charge is -2.26. The van der Waals surface area contributed by atoms with Crippen LogP contribution in [0.25, 0.3) is 12.2 Å². The molecule has 0 saturated carbocycles.